The summed E-state index contributed by atoms with van der Waals surface area (Å²) in [6.07, 6.45) is 0. The van der Waals surface area contributed by atoms with Gasteiger partial charge in [0.1, 0.15) is 5.75 Å². The highest BCUT2D eigenvalue weighted by Crippen LogP contribution is 2.37. The molecule has 0 aromatic heterocycles. The molecule has 1 aromatic carbocycles. The maximum atomic E-state index is 11.2. The van der Waals surface area contributed by atoms with Gasteiger partial charge in [0.25, 0.3) is 0 Å². The number of carbonyl (C=O) groups excluding carboxylic acids is 1. The Kier molecular flexibility index (Phi) is 3.93. The van der Waals surface area contributed by atoms with Crippen LogP contribution in [-0.4, -0.2) is 24.3 Å². The Morgan fingerprint density at radius 1 is 1.05 bits per heavy atom. The van der Waals surface area contributed by atoms with E-state index in [1.54, 1.807) is 0 Å². The topological polar surface area (TPSA) is 44.8 Å². The van der Waals surface area contributed by atoms with E-state index in [2.05, 4.69) is 0 Å². The van der Waals surface area contributed by atoms with E-state index in [1.807, 2.05) is 53.7 Å². The lowest BCUT2D eigenvalue weighted by molar-refractivity contribution is -0.131. The first kappa shape index (κ1) is 16.1. The smallest absolute Gasteiger partial charge is 0.426 e. The molecule has 0 amide bonds. The summed E-state index contributed by atoms with van der Waals surface area (Å²) in [5, 5.41) is 0. The predicted molar refractivity (Wildman–Crippen MR) is 82.9 cm³/mol. The average molecular weight is 290 g/mol. The predicted octanol–water partition coefficient (Wildman–Crippen LogP) is 2.53. The number of esters is 1. The van der Waals surface area contributed by atoms with Crippen LogP contribution in [0.3, 0.4) is 0 Å². The van der Waals surface area contributed by atoms with Crippen LogP contribution >= 0.6 is 0 Å². The van der Waals surface area contributed by atoms with Crippen molar-refractivity contribution >= 4 is 18.6 Å². The number of hydrogen-bond acceptors (Lipinski definition) is 4. The van der Waals surface area contributed by atoms with Gasteiger partial charge in [0, 0.05) is 6.92 Å². The molecule has 0 N–H and O–H groups in total. The Balaban J connectivity index is 2.33. The van der Waals surface area contributed by atoms with E-state index >= 15 is 0 Å². The minimum atomic E-state index is -0.404. The number of carbonyl (C=O) groups is 1. The summed E-state index contributed by atoms with van der Waals surface area (Å²) in [6.45, 7) is 13.3. The molecule has 1 heterocycles. The standard InChI is InChI=1S/C16H23BO4/c1-10-8-13(9-11(2)14(10)19-12(3)18)17-20-15(4,5)16(6,7)21-17/h8-9H,1-7H3. The zero-order valence-corrected chi connectivity index (χ0v) is 13.9. The minimum Gasteiger partial charge on any atom is -0.426 e. The molecule has 21 heavy (non-hydrogen) atoms. The van der Waals surface area contributed by atoms with Crippen molar-refractivity contribution in [1.82, 2.24) is 0 Å². The Morgan fingerprint density at radius 3 is 1.86 bits per heavy atom. The zero-order chi connectivity index (χ0) is 16.0. The summed E-state index contributed by atoms with van der Waals surface area (Å²) in [5.74, 6) is 0.298. The molecule has 0 bridgehead atoms. The van der Waals surface area contributed by atoms with Crippen molar-refractivity contribution in [2.75, 3.05) is 0 Å². The van der Waals surface area contributed by atoms with E-state index in [4.69, 9.17) is 14.0 Å². The molecule has 2 rings (SSSR count). The van der Waals surface area contributed by atoms with E-state index in [1.165, 1.54) is 6.92 Å². The van der Waals surface area contributed by atoms with Crippen LogP contribution in [0.5, 0.6) is 5.75 Å². The molecule has 0 atom stereocenters. The van der Waals surface area contributed by atoms with Crippen LogP contribution in [-0.2, 0) is 14.1 Å². The van der Waals surface area contributed by atoms with Gasteiger partial charge < -0.3 is 14.0 Å². The lowest BCUT2D eigenvalue weighted by Crippen LogP contribution is -2.41. The summed E-state index contributed by atoms with van der Waals surface area (Å²) in [5.41, 5.74) is 2.01. The van der Waals surface area contributed by atoms with Gasteiger partial charge in [-0.3, -0.25) is 4.79 Å². The zero-order valence-electron chi connectivity index (χ0n) is 13.9. The van der Waals surface area contributed by atoms with Crippen molar-refractivity contribution in [3.05, 3.63) is 23.3 Å². The van der Waals surface area contributed by atoms with Gasteiger partial charge in [-0.1, -0.05) is 12.1 Å². The third-order valence-electron chi connectivity index (χ3n) is 4.25. The van der Waals surface area contributed by atoms with E-state index < -0.39 is 7.12 Å². The van der Waals surface area contributed by atoms with E-state index in [9.17, 15) is 4.79 Å². The lowest BCUT2D eigenvalue weighted by Gasteiger charge is -2.32. The van der Waals surface area contributed by atoms with Crippen LogP contribution in [0.2, 0.25) is 0 Å². The molecule has 0 unspecified atom stereocenters. The van der Waals surface area contributed by atoms with Gasteiger partial charge in [-0.05, 0) is 58.1 Å². The Labute approximate surface area is 126 Å². The molecule has 1 aliphatic heterocycles. The third-order valence-corrected chi connectivity index (χ3v) is 4.25. The van der Waals surface area contributed by atoms with Gasteiger partial charge in [-0.15, -0.1) is 0 Å². The third kappa shape index (κ3) is 2.99. The van der Waals surface area contributed by atoms with Crippen molar-refractivity contribution in [2.24, 2.45) is 0 Å². The first-order chi connectivity index (χ1) is 9.53. The number of aryl methyl sites for hydroxylation is 2. The fraction of sp³-hybridized carbons (Fsp3) is 0.562. The van der Waals surface area contributed by atoms with Crippen LogP contribution in [0, 0.1) is 13.8 Å². The second-order valence-electron chi connectivity index (χ2n) is 6.67. The first-order valence-electron chi connectivity index (χ1n) is 7.19. The van der Waals surface area contributed by atoms with Crippen molar-refractivity contribution in [1.29, 1.82) is 0 Å². The normalized spacial score (nSPS) is 19.7. The van der Waals surface area contributed by atoms with Crippen LogP contribution in [0.25, 0.3) is 0 Å². The number of ether oxygens (including phenoxy) is 1. The molecule has 1 fully saturated rings. The molecule has 0 aliphatic carbocycles. The number of benzene rings is 1. The summed E-state index contributed by atoms with van der Waals surface area (Å²) in [6, 6.07) is 3.90. The molecule has 0 radical (unpaired) electrons. The summed E-state index contributed by atoms with van der Waals surface area (Å²) in [7, 11) is -0.404. The Bertz CT molecular complexity index is 539. The van der Waals surface area contributed by atoms with Gasteiger partial charge in [0.05, 0.1) is 11.2 Å². The maximum Gasteiger partial charge on any atom is 0.494 e. The maximum absolute atomic E-state index is 11.2. The largest absolute Gasteiger partial charge is 0.494 e. The molecular formula is C16H23BO4. The average Bonchev–Trinajstić information content (AvgIpc) is 2.53. The molecule has 114 valence electrons. The molecule has 0 spiro atoms. The summed E-state index contributed by atoms with van der Waals surface area (Å²) >= 11 is 0. The fourth-order valence-corrected chi connectivity index (χ4v) is 2.40. The molecule has 4 nitrogen and oxygen atoms in total. The van der Waals surface area contributed by atoms with Gasteiger partial charge in [0.2, 0.25) is 0 Å². The minimum absolute atomic E-state index is 0.315. The summed E-state index contributed by atoms with van der Waals surface area (Å²) < 4.78 is 17.4. The quantitative estimate of drug-likeness (QED) is 0.477. The van der Waals surface area contributed by atoms with Crippen molar-refractivity contribution in [2.45, 2.75) is 59.7 Å². The SMILES string of the molecule is CC(=O)Oc1c(C)cc(B2OC(C)(C)C(C)(C)O2)cc1C. The monoisotopic (exact) mass is 290 g/mol. The molecule has 5 heteroatoms. The van der Waals surface area contributed by atoms with Crippen LogP contribution in [0.1, 0.15) is 45.7 Å². The van der Waals surface area contributed by atoms with Crippen LogP contribution in [0.15, 0.2) is 12.1 Å². The van der Waals surface area contributed by atoms with E-state index in [0.717, 1.165) is 16.6 Å². The highest BCUT2D eigenvalue weighted by atomic mass is 16.7. The molecule has 1 saturated heterocycles. The lowest BCUT2D eigenvalue weighted by atomic mass is 9.77. The van der Waals surface area contributed by atoms with Gasteiger partial charge in [-0.2, -0.15) is 0 Å². The highest BCUT2D eigenvalue weighted by Gasteiger charge is 2.51. The van der Waals surface area contributed by atoms with Crippen molar-refractivity contribution < 1.29 is 18.8 Å². The second-order valence-corrected chi connectivity index (χ2v) is 6.67. The summed E-state index contributed by atoms with van der Waals surface area (Å²) in [4.78, 5) is 11.2. The van der Waals surface area contributed by atoms with E-state index in [-0.39, 0.29) is 17.2 Å². The molecule has 1 aromatic rings. The van der Waals surface area contributed by atoms with Gasteiger partial charge in [-0.25, -0.2) is 0 Å². The van der Waals surface area contributed by atoms with Gasteiger partial charge >= 0.3 is 13.1 Å². The van der Waals surface area contributed by atoms with Crippen molar-refractivity contribution in [3.8, 4) is 5.75 Å². The number of hydrogen-bond donors (Lipinski definition) is 0. The van der Waals surface area contributed by atoms with Crippen LogP contribution < -0.4 is 10.2 Å². The van der Waals surface area contributed by atoms with Crippen LogP contribution in [0.4, 0.5) is 0 Å². The molecule has 1 aliphatic rings. The number of rotatable bonds is 2. The Hall–Kier alpha value is -1.33. The first-order valence-corrected chi connectivity index (χ1v) is 7.19. The second kappa shape index (κ2) is 5.14. The molecule has 0 saturated carbocycles. The molecular weight excluding hydrogens is 267 g/mol. The van der Waals surface area contributed by atoms with E-state index in [0.29, 0.717) is 5.75 Å². The van der Waals surface area contributed by atoms with Crippen molar-refractivity contribution in [3.63, 3.8) is 0 Å². The van der Waals surface area contributed by atoms with Gasteiger partial charge in [0.15, 0.2) is 0 Å². The Morgan fingerprint density at radius 2 is 1.48 bits per heavy atom. The highest BCUT2D eigenvalue weighted by molar-refractivity contribution is 6.62. The fourth-order valence-electron chi connectivity index (χ4n) is 2.40.